The monoisotopic (exact) mass is 568 g/mol. The molecule has 6 nitrogen and oxygen atoms in total. The molecule has 38 heavy (non-hydrogen) atoms. The van der Waals surface area contributed by atoms with Crippen LogP contribution in [0.25, 0.3) is 10.8 Å². The number of hydrogen-bond acceptors (Lipinski definition) is 4. The summed E-state index contributed by atoms with van der Waals surface area (Å²) in [5.41, 5.74) is 1.27. The molecular weight excluding hydrogens is 520 g/mol. The lowest BCUT2D eigenvalue weighted by molar-refractivity contribution is 0.481. The van der Waals surface area contributed by atoms with Crippen LogP contribution in [0.2, 0.25) is 0 Å². The summed E-state index contributed by atoms with van der Waals surface area (Å²) >= 11 is 0. The summed E-state index contributed by atoms with van der Waals surface area (Å²) in [5, 5.41) is 0.272. The molecule has 2 N–H and O–H groups in total. The van der Waals surface area contributed by atoms with Crippen molar-refractivity contribution in [1.82, 2.24) is 0 Å². The van der Waals surface area contributed by atoms with Crippen LogP contribution in [-0.4, -0.2) is 25.9 Å². The van der Waals surface area contributed by atoms with E-state index in [0.29, 0.717) is 24.0 Å². The number of unbranched alkanes of at least 4 members (excludes halogenated alkanes) is 14. The molecule has 2 aromatic carbocycles. The molecule has 8 heteroatoms. The number of rotatable bonds is 20. The molecule has 0 bridgehead atoms. The Morgan fingerprint density at radius 2 is 0.763 bits per heavy atom. The molecule has 0 aliphatic rings. The number of benzene rings is 2. The van der Waals surface area contributed by atoms with E-state index in [1.54, 1.807) is 12.1 Å². The zero-order valence-electron chi connectivity index (χ0n) is 23.4. The second-order valence-corrected chi connectivity index (χ2v) is 13.5. The Hall–Kier alpha value is -1.48. The molecule has 0 aliphatic carbocycles. The molecule has 216 valence electrons. The molecule has 0 spiro atoms. The number of hydrogen-bond donors (Lipinski definition) is 2. The average molecular weight is 569 g/mol. The van der Waals surface area contributed by atoms with Crippen molar-refractivity contribution in [3.8, 4) is 0 Å². The number of fused-ring (bicyclic) bond motifs is 1. The average Bonchev–Trinajstić information content (AvgIpc) is 2.85. The zero-order chi connectivity index (χ0) is 28.0. The predicted molar refractivity (Wildman–Crippen MR) is 156 cm³/mol. The van der Waals surface area contributed by atoms with Crippen LogP contribution in [0.3, 0.4) is 0 Å². The van der Waals surface area contributed by atoms with Gasteiger partial charge in [-0.1, -0.05) is 104 Å². The van der Waals surface area contributed by atoms with Gasteiger partial charge < -0.3 is 0 Å². The van der Waals surface area contributed by atoms with Gasteiger partial charge in [-0.05, 0) is 61.1 Å². The standard InChI is InChI=1S/C30H48O6S2/c1-3-5-7-9-11-13-15-17-19-25-21-27-28(29(23-25)37(31,32)33)22-26(24-30(27)38(34,35)36)20-18-16-14-12-10-8-6-4-2/h21-24H,3-20H2,1-2H3,(H,31,32,33)(H,34,35,36). The molecule has 0 saturated heterocycles. The highest BCUT2D eigenvalue weighted by Gasteiger charge is 2.22. The first-order valence-electron chi connectivity index (χ1n) is 14.6. The van der Waals surface area contributed by atoms with E-state index in [4.69, 9.17) is 0 Å². The quantitative estimate of drug-likeness (QED) is 0.122. The van der Waals surface area contributed by atoms with E-state index in [1.807, 2.05) is 0 Å². The van der Waals surface area contributed by atoms with Gasteiger partial charge in [0.15, 0.2) is 0 Å². The van der Waals surface area contributed by atoms with E-state index in [0.717, 1.165) is 38.5 Å². The van der Waals surface area contributed by atoms with Gasteiger partial charge in [0.2, 0.25) is 0 Å². The van der Waals surface area contributed by atoms with Crippen LogP contribution in [0.1, 0.15) is 128 Å². The van der Waals surface area contributed by atoms with Crippen LogP contribution < -0.4 is 0 Å². The van der Waals surface area contributed by atoms with Crippen molar-refractivity contribution in [2.75, 3.05) is 0 Å². The SMILES string of the molecule is CCCCCCCCCCc1cc(S(=O)(=O)O)c2cc(CCCCCCCCCC)cc(S(=O)(=O)O)c2c1. The molecule has 0 amide bonds. The van der Waals surface area contributed by atoms with Crippen LogP contribution >= 0.6 is 0 Å². The fourth-order valence-electron chi connectivity index (χ4n) is 5.15. The third-order valence-electron chi connectivity index (χ3n) is 7.31. The van der Waals surface area contributed by atoms with Gasteiger partial charge in [0.25, 0.3) is 20.2 Å². The minimum Gasteiger partial charge on any atom is -0.282 e. The van der Waals surface area contributed by atoms with Gasteiger partial charge in [0.05, 0.1) is 0 Å². The van der Waals surface area contributed by atoms with Gasteiger partial charge in [0.1, 0.15) is 9.79 Å². The molecule has 0 fully saturated rings. The minimum atomic E-state index is -4.60. The van der Waals surface area contributed by atoms with Crippen LogP contribution in [0.5, 0.6) is 0 Å². The van der Waals surface area contributed by atoms with Crippen LogP contribution in [-0.2, 0) is 33.1 Å². The molecule has 0 aromatic heterocycles. The van der Waals surface area contributed by atoms with Gasteiger partial charge in [-0.2, -0.15) is 16.8 Å². The van der Waals surface area contributed by atoms with E-state index in [1.165, 1.54) is 76.3 Å². The van der Waals surface area contributed by atoms with E-state index in [9.17, 15) is 25.9 Å². The van der Waals surface area contributed by atoms with Crippen molar-refractivity contribution in [2.24, 2.45) is 0 Å². The van der Waals surface area contributed by atoms with E-state index < -0.39 is 20.2 Å². The Morgan fingerprint density at radius 3 is 1.05 bits per heavy atom. The van der Waals surface area contributed by atoms with Gasteiger partial charge in [0, 0.05) is 10.8 Å². The molecular formula is C30H48O6S2. The van der Waals surface area contributed by atoms with Gasteiger partial charge >= 0.3 is 0 Å². The van der Waals surface area contributed by atoms with E-state index in [2.05, 4.69) is 13.8 Å². The first-order chi connectivity index (χ1) is 18.1. The van der Waals surface area contributed by atoms with E-state index in [-0.39, 0.29) is 20.6 Å². The van der Waals surface area contributed by atoms with Gasteiger partial charge in [-0.25, -0.2) is 0 Å². The maximum Gasteiger partial charge on any atom is 0.295 e. The molecule has 2 rings (SSSR count). The van der Waals surface area contributed by atoms with Crippen molar-refractivity contribution >= 4 is 31.0 Å². The molecule has 2 aromatic rings. The maximum absolute atomic E-state index is 12.3. The van der Waals surface area contributed by atoms with Crippen molar-refractivity contribution in [3.63, 3.8) is 0 Å². The Bertz CT molecular complexity index is 1110. The van der Waals surface area contributed by atoms with Crippen LogP contribution in [0.4, 0.5) is 0 Å². The highest BCUT2D eigenvalue weighted by atomic mass is 32.2. The second kappa shape index (κ2) is 16.6. The molecule has 0 unspecified atom stereocenters. The lowest BCUT2D eigenvalue weighted by Gasteiger charge is -2.14. The largest absolute Gasteiger partial charge is 0.295 e. The van der Waals surface area contributed by atoms with Gasteiger partial charge in [-0.15, -0.1) is 0 Å². The van der Waals surface area contributed by atoms with E-state index >= 15 is 0 Å². The third-order valence-corrected chi connectivity index (χ3v) is 9.09. The minimum absolute atomic E-state index is 0.136. The van der Waals surface area contributed by atoms with Crippen molar-refractivity contribution in [3.05, 3.63) is 35.4 Å². The summed E-state index contributed by atoms with van der Waals surface area (Å²) in [4.78, 5) is -0.598. The third kappa shape index (κ3) is 11.3. The zero-order valence-corrected chi connectivity index (χ0v) is 25.0. The van der Waals surface area contributed by atoms with Gasteiger partial charge in [-0.3, -0.25) is 9.11 Å². The topological polar surface area (TPSA) is 109 Å². The predicted octanol–water partition coefficient (Wildman–Crippen LogP) is 8.70. The van der Waals surface area contributed by atoms with Crippen molar-refractivity contribution in [1.29, 1.82) is 0 Å². The molecule has 0 radical (unpaired) electrons. The molecule has 0 aliphatic heterocycles. The second-order valence-electron chi connectivity index (χ2n) is 10.7. The Kier molecular flexibility index (Phi) is 14.3. The van der Waals surface area contributed by atoms with Crippen molar-refractivity contribution < 1.29 is 25.9 Å². The summed E-state index contributed by atoms with van der Waals surface area (Å²) in [6, 6.07) is 6.20. The summed E-state index contributed by atoms with van der Waals surface area (Å²) in [6.45, 7) is 4.38. The fourth-order valence-corrected chi connectivity index (χ4v) is 6.65. The Morgan fingerprint density at radius 1 is 0.474 bits per heavy atom. The molecule has 0 heterocycles. The summed E-state index contributed by atoms with van der Waals surface area (Å²) in [7, 11) is -9.19. The number of aryl methyl sites for hydroxylation is 2. The fraction of sp³-hybridized carbons (Fsp3) is 0.667. The van der Waals surface area contributed by atoms with Crippen LogP contribution in [0, 0.1) is 0 Å². The lowest BCUT2D eigenvalue weighted by Crippen LogP contribution is -2.06. The summed E-state index contributed by atoms with van der Waals surface area (Å²) < 4.78 is 69.3. The highest BCUT2D eigenvalue weighted by molar-refractivity contribution is 7.86. The Labute approximate surface area is 231 Å². The smallest absolute Gasteiger partial charge is 0.282 e. The first-order valence-corrected chi connectivity index (χ1v) is 17.5. The summed E-state index contributed by atoms with van der Waals surface area (Å²) in [6.07, 6.45) is 19.2. The highest BCUT2D eigenvalue weighted by Crippen LogP contribution is 2.33. The first kappa shape index (κ1) is 32.7. The Balaban J connectivity index is 2.20. The lowest BCUT2D eigenvalue weighted by atomic mass is 9.98. The van der Waals surface area contributed by atoms with Crippen molar-refractivity contribution in [2.45, 2.75) is 139 Å². The summed E-state index contributed by atoms with van der Waals surface area (Å²) in [5.74, 6) is 0. The maximum atomic E-state index is 12.3. The molecule has 0 saturated carbocycles. The normalized spacial score (nSPS) is 12.4. The van der Waals surface area contributed by atoms with Crippen LogP contribution in [0.15, 0.2) is 34.1 Å². The molecule has 0 atom stereocenters.